The fourth-order valence-corrected chi connectivity index (χ4v) is 1.48. The van der Waals surface area contributed by atoms with Gasteiger partial charge in [-0.1, -0.05) is 0 Å². The maximum Gasteiger partial charge on any atom is 0.150 e. The molecule has 0 amide bonds. The summed E-state index contributed by atoms with van der Waals surface area (Å²) in [5.74, 6) is -1.49. The molecule has 0 N–H and O–H groups in total. The Balaban J connectivity index is 2.85. The molecule has 0 aliphatic carbocycles. The molecule has 1 aromatic carbocycles. The highest BCUT2D eigenvalue weighted by molar-refractivity contribution is 5.76. The van der Waals surface area contributed by atoms with E-state index in [9.17, 15) is 13.6 Å². The predicted molar refractivity (Wildman–Crippen MR) is 61.5 cm³/mol. The van der Waals surface area contributed by atoms with E-state index in [-0.39, 0.29) is 11.3 Å². The number of benzene rings is 1. The summed E-state index contributed by atoms with van der Waals surface area (Å²) in [6.07, 6.45) is 0.413. The number of aldehydes is 1. The second-order valence-corrected chi connectivity index (χ2v) is 3.57. The standard InChI is InChI=1S/C12H15F2NO2/c1-3-17-5-4-15(2)12-10(13)6-9(8-16)7-11(12)14/h6-8H,3-5H2,1-2H3. The third kappa shape index (κ3) is 3.49. The summed E-state index contributed by atoms with van der Waals surface area (Å²) in [6.45, 7) is 3.17. The van der Waals surface area contributed by atoms with Crippen LogP contribution in [0.4, 0.5) is 14.5 Å². The topological polar surface area (TPSA) is 29.5 Å². The first-order valence-electron chi connectivity index (χ1n) is 5.33. The Morgan fingerprint density at radius 1 is 1.35 bits per heavy atom. The van der Waals surface area contributed by atoms with Gasteiger partial charge in [-0.3, -0.25) is 4.79 Å². The first-order chi connectivity index (χ1) is 8.10. The minimum atomic E-state index is -0.744. The predicted octanol–water partition coefficient (Wildman–Crippen LogP) is 2.25. The molecule has 0 aromatic heterocycles. The summed E-state index contributed by atoms with van der Waals surface area (Å²) >= 11 is 0. The van der Waals surface area contributed by atoms with Gasteiger partial charge in [0.2, 0.25) is 0 Å². The van der Waals surface area contributed by atoms with E-state index in [2.05, 4.69) is 0 Å². The second kappa shape index (κ2) is 6.30. The summed E-state index contributed by atoms with van der Waals surface area (Å²) in [7, 11) is 1.57. The lowest BCUT2D eigenvalue weighted by Crippen LogP contribution is -2.24. The number of rotatable bonds is 6. The molecule has 1 rings (SSSR count). The highest BCUT2D eigenvalue weighted by atomic mass is 19.1. The number of carbonyl (C=O) groups is 1. The molecule has 94 valence electrons. The van der Waals surface area contributed by atoms with Gasteiger partial charge in [0.15, 0.2) is 0 Å². The Morgan fingerprint density at radius 3 is 2.41 bits per heavy atom. The minimum absolute atomic E-state index is 0.0121. The van der Waals surface area contributed by atoms with E-state index in [4.69, 9.17) is 4.74 Å². The molecule has 0 saturated carbocycles. The van der Waals surface area contributed by atoms with E-state index < -0.39 is 11.6 Å². The number of halogens is 2. The number of hydrogen-bond acceptors (Lipinski definition) is 3. The Labute approximate surface area is 99.0 Å². The molecule has 0 heterocycles. The van der Waals surface area contributed by atoms with Crippen LogP contribution in [0.25, 0.3) is 0 Å². The Bertz CT molecular complexity index is 373. The minimum Gasteiger partial charge on any atom is -0.380 e. The van der Waals surface area contributed by atoms with E-state index in [0.29, 0.717) is 26.0 Å². The molecule has 0 spiro atoms. The highest BCUT2D eigenvalue weighted by Gasteiger charge is 2.14. The molecule has 0 aliphatic heterocycles. The van der Waals surface area contributed by atoms with Crippen LogP contribution in [0, 0.1) is 11.6 Å². The number of hydrogen-bond donors (Lipinski definition) is 0. The van der Waals surface area contributed by atoms with Crippen LogP contribution in [0.3, 0.4) is 0 Å². The quantitative estimate of drug-likeness (QED) is 0.567. The average molecular weight is 243 g/mol. The van der Waals surface area contributed by atoms with Crippen LogP contribution in [0.2, 0.25) is 0 Å². The molecule has 0 bridgehead atoms. The Kier molecular flexibility index (Phi) is 5.03. The van der Waals surface area contributed by atoms with Gasteiger partial charge in [0, 0.05) is 25.8 Å². The van der Waals surface area contributed by atoms with Gasteiger partial charge >= 0.3 is 0 Å². The molecule has 1 aromatic rings. The van der Waals surface area contributed by atoms with Crippen molar-refractivity contribution in [3.05, 3.63) is 29.3 Å². The lowest BCUT2D eigenvalue weighted by atomic mass is 10.2. The van der Waals surface area contributed by atoms with E-state index in [1.165, 1.54) is 4.90 Å². The van der Waals surface area contributed by atoms with Crippen LogP contribution >= 0.6 is 0 Å². The number of ether oxygens (including phenoxy) is 1. The monoisotopic (exact) mass is 243 g/mol. The van der Waals surface area contributed by atoms with Crippen molar-refractivity contribution in [2.24, 2.45) is 0 Å². The first-order valence-corrected chi connectivity index (χ1v) is 5.33. The molecule has 17 heavy (non-hydrogen) atoms. The zero-order valence-electron chi connectivity index (χ0n) is 9.87. The van der Waals surface area contributed by atoms with Gasteiger partial charge in [-0.05, 0) is 19.1 Å². The fraction of sp³-hybridized carbons (Fsp3) is 0.417. The molecule has 0 atom stereocenters. The SMILES string of the molecule is CCOCCN(C)c1c(F)cc(C=O)cc1F. The van der Waals surface area contributed by atoms with Gasteiger partial charge in [0.1, 0.15) is 23.6 Å². The summed E-state index contributed by atoms with van der Waals surface area (Å²) in [5, 5.41) is 0. The Morgan fingerprint density at radius 2 is 1.94 bits per heavy atom. The Hall–Kier alpha value is -1.49. The maximum absolute atomic E-state index is 13.6. The largest absolute Gasteiger partial charge is 0.380 e. The van der Waals surface area contributed by atoms with E-state index in [0.717, 1.165) is 12.1 Å². The van der Waals surface area contributed by atoms with E-state index >= 15 is 0 Å². The summed E-state index contributed by atoms with van der Waals surface area (Å²) in [4.78, 5) is 11.9. The van der Waals surface area contributed by atoms with Crippen molar-refractivity contribution in [2.45, 2.75) is 6.92 Å². The van der Waals surface area contributed by atoms with Crippen molar-refractivity contribution in [2.75, 3.05) is 31.7 Å². The number of nitrogens with zero attached hydrogens (tertiary/aromatic N) is 1. The van der Waals surface area contributed by atoms with Crippen molar-refractivity contribution in [1.82, 2.24) is 0 Å². The van der Waals surface area contributed by atoms with Crippen LogP contribution in [-0.2, 0) is 4.74 Å². The highest BCUT2D eigenvalue weighted by Crippen LogP contribution is 2.23. The second-order valence-electron chi connectivity index (χ2n) is 3.57. The molecule has 3 nitrogen and oxygen atoms in total. The molecule has 0 radical (unpaired) electrons. The van der Waals surface area contributed by atoms with Gasteiger partial charge in [0.05, 0.1) is 6.61 Å². The van der Waals surface area contributed by atoms with E-state index in [1.807, 2.05) is 6.92 Å². The number of likely N-dealkylation sites (N-methyl/N-ethyl adjacent to an activating group) is 1. The molecule has 0 unspecified atom stereocenters. The maximum atomic E-state index is 13.6. The van der Waals surface area contributed by atoms with Crippen LogP contribution in [0.1, 0.15) is 17.3 Å². The van der Waals surface area contributed by atoms with Gasteiger partial charge in [-0.25, -0.2) is 8.78 Å². The van der Waals surface area contributed by atoms with Crippen molar-refractivity contribution >= 4 is 12.0 Å². The molecule has 0 saturated heterocycles. The molecule has 0 aliphatic rings. The van der Waals surface area contributed by atoms with Crippen LogP contribution < -0.4 is 4.90 Å². The first kappa shape index (κ1) is 13.6. The molecular formula is C12H15F2NO2. The lowest BCUT2D eigenvalue weighted by Gasteiger charge is -2.20. The number of carbonyl (C=O) groups excluding carboxylic acids is 1. The third-order valence-corrected chi connectivity index (χ3v) is 2.33. The van der Waals surface area contributed by atoms with Crippen molar-refractivity contribution in [3.8, 4) is 0 Å². The van der Waals surface area contributed by atoms with Gasteiger partial charge in [0.25, 0.3) is 0 Å². The molecular weight excluding hydrogens is 228 g/mol. The van der Waals surface area contributed by atoms with Crippen LogP contribution in [-0.4, -0.2) is 33.1 Å². The van der Waals surface area contributed by atoms with Gasteiger partial charge < -0.3 is 9.64 Å². The smallest absolute Gasteiger partial charge is 0.150 e. The average Bonchev–Trinajstić information content (AvgIpc) is 2.28. The van der Waals surface area contributed by atoms with Crippen LogP contribution in [0.5, 0.6) is 0 Å². The van der Waals surface area contributed by atoms with Crippen molar-refractivity contribution < 1.29 is 18.3 Å². The van der Waals surface area contributed by atoms with E-state index in [1.54, 1.807) is 7.05 Å². The molecule has 5 heteroatoms. The zero-order chi connectivity index (χ0) is 12.8. The van der Waals surface area contributed by atoms with Gasteiger partial charge in [-0.2, -0.15) is 0 Å². The fourth-order valence-electron chi connectivity index (χ4n) is 1.48. The lowest BCUT2D eigenvalue weighted by molar-refractivity contribution is 0.112. The summed E-state index contributed by atoms with van der Waals surface area (Å²) < 4.78 is 32.3. The third-order valence-electron chi connectivity index (χ3n) is 2.33. The van der Waals surface area contributed by atoms with Crippen LogP contribution in [0.15, 0.2) is 12.1 Å². The summed E-state index contributed by atoms with van der Waals surface area (Å²) in [5.41, 5.74) is -0.155. The molecule has 0 fully saturated rings. The summed E-state index contributed by atoms with van der Waals surface area (Å²) in [6, 6.07) is 2.03. The van der Waals surface area contributed by atoms with Gasteiger partial charge in [-0.15, -0.1) is 0 Å². The van der Waals surface area contributed by atoms with Crippen molar-refractivity contribution in [3.63, 3.8) is 0 Å². The zero-order valence-corrected chi connectivity index (χ0v) is 9.87. The normalized spacial score (nSPS) is 10.4. The number of anilines is 1. The van der Waals surface area contributed by atoms with Crippen molar-refractivity contribution in [1.29, 1.82) is 0 Å².